The van der Waals surface area contributed by atoms with E-state index in [1.165, 1.54) is 46.2 Å². The number of fused-ring (bicyclic) bond motifs is 2. The second-order valence-electron chi connectivity index (χ2n) is 5.99. The number of aryl methyl sites for hydroxylation is 2. The van der Waals surface area contributed by atoms with Crippen molar-refractivity contribution in [2.24, 2.45) is 0 Å². The lowest BCUT2D eigenvalue weighted by Gasteiger charge is -2.16. The third-order valence-corrected chi connectivity index (χ3v) is 5.45. The van der Waals surface area contributed by atoms with Crippen LogP contribution in [0.4, 0.5) is 0 Å². The highest BCUT2D eigenvalue weighted by atomic mass is 32.1. The van der Waals surface area contributed by atoms with Crippen molar-refractivity contribution >= 4 is 21.6 Å². The van der Waals surface area contributed by atoms with Crippen molar-refractivity contribution in [1.82, 2.24) is 9.55 Å². The van der Waals surface area contributed by atoms with Crippen LogP contribution in [0.25, 0.3) is 21.3 Å². The highest BCUT2D eigenvalue weighted by Crippen LogP contribution is 2.33. The van der Waals surface area contributed by atoms with E-state index in [-0.39, 0.29) is 18.7 Å². The molecule has 5 heteroatoms. The number of hydrogen-bond donors (Lipinski definition) is 1. The van der Waals surface area contributed by atoms with Gasteiger partial charge in [0.25, 0.3) is 5.56 Å². The summed E-state index contributed by atoms with van der Waals surface area (Å²) >= 11 is 1.50. The average molecular weight is 326 g/mol. The number of aromatic nitrogens is 2. The fourth-order valence-corrected chi connectivity index (χ4v) is 4.25. The molecule has 0 fully saturated rings. The molecule has 2 aromatic heterocycles. The van der Waals surface area contributed by atoms with E-state index in [0.717, 1.165) is 28.8 Å². The van der Waals surface area contributed by atoms with Crippen molar-refractivity contribution < 1.29 is 5.11 Å². The standard InChI is InChI=1S/C18H18N2O2S/c21-8-7-20-11-19-17-16(18(20)22)15(10-23-17)14-6-5-12-3-1-2-4-13(12)9-14/h5-6,9-11,21H,1-4,7-8H2. The Morgan fingerprint density at radius 2 is 2.04 bits per heavy atom. The fraction of sp³-hybridized carbons (Fsp3) is 0.333. The fourth-order valence-electron chi connectivity index (χ4n) is 3.35. The van der Waals surface area contributed by atoms with E-state index in [1.54, 1.807) is 0 Å². The van der Waals surface area contributed by atoms with Crippen LogP contribution in [0.2, 0.25) is 0 Å². The maximum Gasteiger partial charge on any atom is 0.262 e. The monoisotopic (exact) mass is 326 g/mol. The molecule has 1 aromatic carbocycles. The van der Waals surface area contributed by atoms with E-state index < -0.39 is 0 Å². The SMILES string of the molecule is O=c1c2c(-c3ccc4c(c3)CCCC4)csc2ncn1CCO. The van der Waals surface area contributed by atoms with Gasteiger partial charge in [-0.15, -0.1) is 11.3 Å². The number of thiophene rings is 1. The van der Waals surface area contributed by atoms with E-state index in [9.17, 15) is 4.79 Å². The molecule has 118 valence electrons. The summed E-state index contributed by atoms with van der Waals surface area (Å²) in [5, 5.41) is 11.8. The Kier molecular flexibility index (Phi) is 3.75. The third-order valence-electron chi connectivity index (χ3n) is 4.56. The third kappa shape index (κ3) is 2.50. The lowest BCUT2D eigenvalue weighted by atomic mass is 9.89. The smallest absolute Gasteiger partial charge is 0.262 e. The molecule has 0 atom stereocenters. The van der Waals surface area contributed by atoms with Gasteiger partial charge in [0.2, 0.25) is 0 Å². The lowest BCUT2D eigenvalue weighted by molar-refractivity contribution is 0.274. The van der Waals surface area contributed by atoms with Crippen molar-refractivity contribution in [2.75, 3.05) is 6.61 Å². The van der Waals surface area contributed by atoms with E-state index in [2.05, 4.69) is 23.2 Å². The predicted octanol–water partition coefficient (Wildman–Crippen LogP) is 3.00. The second-order valence-corrected chi connectivity index (χ2v) is 6.84. The summed E-state index contributed by atoms with van der Waals surface area (Å²) in [5.41, 5.74) is 4.83. The minimum absolute atomic E-state index is 0.0641. The van der Waals surface area contributed by atoms with Crippen LogP contribution in [0.5, 0.6) is 0 Å². The van der Waals surface area contributed by atoms with E-state index in [1.807, 2.05) is 5.38 Å². The Balaban J connectivity index is 1.89. The van der Waals surface area contributed by atoms with Gasteiger partial charge in [-0.1, -0.05) is 18.2 Å². The van der Waals surface area contributed by atoms with Gasteiger partial charge in [-0.2, -0.15) is 0 Å². The van der Waals surface area contributed by atoms with Crippen LogP contribution in [0.1, 0.15) is 24.0 Å². The number of aliphatic hydroxyl groups excluding tert-OH is 1. The summed E-state index contributed by atoms with van der Waals surface area (Å²) in [6.45, 7) is 0.215. The van der Waals surface area contributed by atoms with Gasteiger partial charge in [0.1, 0.15) is 4.83 Å². The van der Waals surface area contributed by atoms with Gasteiger partial charge in [0, 0.05) is 10.9 Å². The summed E-state index contributed by atoms with van der Waals surface area (Å²) < 4.78 is 1.48. The molecule has 1 aliphatic rings. The van der Waals surface area contributed by atoms with Crippen molar-refractivity contribution in [2.45, 2.75) is 32.2 Å². The molecule has 3 aromatic rings. The summed E-state index contributed by atoms with van der Waals surface area (Å²) in [4.78, 5) is 17.8. The minimum Gasteiger partial charge on any atom is -0.395 e. The van der Waals surface area contributed by atoms with Gasteiger partial charge in [-0.25, -0.2) is 4.98 Å². The molecule has 0 bridgehead atoms. The minimum atomic E-state index is -0.0713. The highest BCUT2D eigenvalue weighted by Gasteiger charge is 2.15. The first-order chi connectivity index (χ1) is 11.3. The molecule has 0 saturated heterocycles. The number of aliphatic hydroxyl groups is 1. The number of hydrogen-bond acceptors (Lipinski definition) is 4. The molecule has 0 aliphatic heterocycles. The van der Waals surface area contributed by atoms with Crippen LogP contribution in [-0.2, 0) is 19.4 Å². The maximum absolute atomic E-state index is 12.7. The van der Waals surface area contributed by atoms with Gasteiger partial charge in [-0.3, -0.25) is 9.36 Å². The Hall–Kier alpha value is -1.98. The lowest BCUT2D eigenvalue weighted by Crippen LogP contribution is -2.21. The van der Waals surface area contributed by atoms with E-state index in [0.29, 0.717) is 5.39 Å². The Bertz CT molecular complexity index is 926. The molecule has 4 nitrogen and oxygen atoms in total. The Morgan fingerprint density at radius 1 is 1.22 bits per heavy atom. The first-order valence-corrected chi connectivity index (χ1v) is 8.85. The quantitative estimate of drug-likeness (QED) is 0.805. The molecular weight excluding hydrogens is 308 g/mol. The molecular formula is C18H18N2O2S. The molecule has 1 aliphatic carbocycles. The van der Waals surface area contributed by atoms with Gasteiger partial charge in [0.15, 0.2) is 0 Å². The van der Waals surface area contributed by atoms with Crippen LogP contribution in [0.3, 0.4) is 0 Å². The topological polar surface area (TPSA) is 55.1 Å². The maximum atomic E-state index is 12.7. The molecule has 2 heterocycles. The zero-order valence-corrected chi connectivity index (χ0v) is 13.6. The average Bonchev–Trinajstić information content (AvgIpc) is 3.02. The molecule has 0 spiro atoms. The van der Waals surface area contributed by atoms with Crippen LogP contribution in [0.15, 0.2) is 34.7 Å². The van der Waals surface area contributed by atoms with Crippen LogP contribution in [0, 0.1) is 0 Å². The van der Waals surface area contributed by atoms with Crippen LogP contribution in [-0.4, -0.2) is 21.3 Å². The van der Waals surface area contributed by atoms with Crippen LogP contribution >= 0.6 is 11.3 Å². The van der Waals surface area contributed by atoms with Gasteiger partial charge in [-0.05, 0) is 42.4 Å². The Morgan fingerprint density at radius 3 is 2.87 bits per heavy atom. The van der Waals surface area contributed by atoms with E-state index >= 15 is 0 Å². The predicted molar refractivity (Wildman–Crippen MR) is 93.0 cm³/mol. The molecule has 0 amide bonds. The van der Waals surface area contributed by atoms with Gasteiger partial charge < -0.3 is 5.11 Å². The molecule has 23 heavy (non-hydrogen) atoms. The highest BCUT2D eigenvalue weighted by molar-refractivity contribution is 7.17. The molecule has 0 saturated carbocycles. The molecule has 0 radical (unpaired) electrons. The van der Waals surface area contributed by atoms with Crippen molar-refractivity contribution in [3.8, 4) is 11.1 Å². The molecule has 1 N–H and O–H groups in total. The number of nitrogens with zero attached hydrogens (tertiary/aromatic N) is 2. The van der Waals surface area contributed by atoms with Crippen molar-refractivity contribution in [1.29, 1.82) is 0 Å². The van der Waals surface area contributed by atoms with Gasteiger partial charge in [0.05, 0.1) is 24.9 Å². The summed E-state index contributed by atoms with van der Waals surface area (Å²) in [7, 11) is 0. The van der Waals surface area contributed by atoms with Crippen LogP contribution < -0.4 is 5.56 Å². The van der Waals surface area contributed by atoms with Crippen molar-refractivity contribution in [3.63, 3.8) is 0 Å². The van der Waals surface area contributed by atoms with E-state index in [4.69, 9.17) is 5.11 Å². The zero-order chi connectivity index (χ0) is 15.8. The number of rotatable bonds is 3. The second kappa shape index (κ2) is 5.91. The Labute approximate surface area is 138 Å². The summed E-state index contributed by atoms with van der Waals surface area (Å²) in [5.74, 6) is 0. The first kappa shape index (κ1) is 14.6. The zero-order valence-electron chi connectivity index (χ0n) is 12.8. The van der Waals surface area contributed by atoms with Crippen molar-refractivity contribution in [3.05, 3.63) is 51.4 Å². The normalized spacial score (nSPS) is 14.1. The first-order valence-electron chi connectivity index (χ1n) is 7.97. The molecule has 0 unspecified atom stereocenters. The largest absolute Gasteiger partial charge is 0.395 e. The van der Waals surface area contributed by atoms with Gasteiger partial charge >= 0.3 is 0 Å². The summed E-state index contributed by atoms with van der Waals surface area (Å²) in [6, 6.07) is 6.56. The number of benzene rings is 1. The summed E-state index contributed by atoms with van der Waals surface area (Å²) in [6.07, 6.45) is 6.31. The molecule has 4 rings (SSSR count).